The van der Waals surface area contributed by atoms with Gasteiger partial charge in [0.25, 0.3) is 6.92 Å². The minimum atomic E-state index is -0.740. The third-order valence-electron chi connectivity index (χ3n) is 5.80. The number of carbonyl (C=O) groups is 1. The van der Waals surface area contributed by atoms with Crippen molar-refractivity contribution in [3.63, 3.8) is 0 Å². The average molecular weight is 330 g/mol. The second-order valence-corrected chi connectivity index (χ2v) is 7.38. The van der Waals surface area contributed by atoms with Crippen molar-refractivity contribution in [3.8, 4) is 0 Å². The van der Waals surface area contributed by atoms with E-state index in [1.165, 1.54) is 5.56 Å². The molecule has 3 atom stereocenters. The number of fused-ring (bicyclic) bond motifs is 1. The Morgan fingerprint density at radius 2 is 2.17 bits per heavy atom. The van der Waals surface area contributed by atoms with Crippen LogP contribution in [0.4, 0.5) is 0 Å². The number of rotatable bonds is 7. The Kier molecular flexibility index (Phi) is 5.28. The Morgan fingerprint density at radius 3 is 2.83 bits per heavy atom. The third-order valence-corrected chi connectivity index (χ3v) is 5.80. The Hall–Kier alpha value is -1.37. The first kappa shape index (κ1) is 17.5. The van der Waals surface area contributed by atoms with E-state index in [0.29, 0.717) is 0 Å². The molecule has 24 heavy (non-hydrogen) atoms. The molecule has 0 saturated carbocycles. The number of carboxylic acids is 1. The van der Waals surface area contributed by atoms with Gasteiger partial charge in [0.2, 0.25) is 0 Å². The molecular weight excluding hydrogens is 303 g/mol. The first-order valence-electron chi connectivity index (χ1n) is 8.95. The van der Waals surface area contributed by atoms with Crippen molar-refractivity contribution >= 4 is 12.9 Å². The molecule has 1 aromatic rings. The van der Waals surface area contributed by atoms with Crippen LogP contribution in [0.2, 0.25) is 13.1 Å². The highest BCUT2D eigenvalue weighted by Crippen LogP contribution is 2.48. The van der Waals surface area contributed by atoms with Gasteiger partial charge in [-0.1, -0.05) is 43.6 Å². The van der Waals surface area contributed by atoms with Gasteiger partial charge < -0.3 is 15.4 Å². The highest BCUT2D eigenvalue weighted by molar-refractivity contribution is 6.48. The maximum absolute atomic E-state index is 11.8. The summed E-state index contributed by atoms with van der Waals surface area (Å²) in [6.45, 7) is 4.03. The van der Waals surface area contributed by atoms with Crippen LogP contribution in [-0.4, -0.2) is 53.1 Å². The summed E-state index contributed by atoms with van der Waals surface area (Å²) in [5.41, 5.74) is 1.06. The molecule has 130 valence electrons. The molecule has 0 unspecified atom stereocenters. The van der Waals surface area contributed by atoms with Crippen LogP contribution in [0, 0.1) is 5.41 Å². The van der Waals surface area contributed by atoms with E-state index in [1.54, 1.807) is 6.82 Å². The molecule has 3 N–H and O–H groups in total. The lowest BCUT2D eigenvalue weighted by Gasteiger charge is -2.34. The van der Waals surface area contributed by atoms with Crippen LogP contribution in [0.3, 0.4) is 0 Å². The molecule has 3 rings (SSSR count). The summed E-state index contributed by atoms with van der Waals surface area (Å²) in [5, 5.41) is 22.5. The Morgan fingerprint density at radius 1 is 1.42 bits per heavy atom. The first-order valence-corrected chi connectivity index (χ1v) is 8.95. The summed E-state index contributed by atoms with van der Waals surface area (Å²) >= 11 is 0. The van der Waals surface area contributed by atoms with Crippen molar-refractivity contribution in [1.29, 1.82) is 0 Å². The van der Waals surface area contributed by atoms with Crippen molar-refractivity contribution in [1.82, 2.24) is 10.2 Å². The number of nitrogens with one attached hydrogen (secondary N) is 1. The molecule has 5 nitrogen and oxygen atoms in total. The number of carboxylic acid groups (broad SMARTS) is 1. The lowest BCUT2D eigenvalue weighted by molar-refractivity contribution is -0.142. The minimum absolute atomic E-state index is 0.213. The number of benzene rings is 1. The van der Waals surface area contributed by atoms with Crippen LogP contribution >= 0.6 is 0 Å². The maximum Gasteiger partial charge on any atom is 0.321 e. The van der Waals surface area contributed by atoms with Gasteiger partial charge in [0, 0.05) is 24.5 Å². The van der Waals surface area contributed by atoms with E-state index >= 15 is 0 Å². The zero-order valence-corrected chi connectivity index (χ0v) is 14.3. The fraction of sp³-hybridized carbons (Fsp3) is 0.611. The van der Waals surface area contributed by atoms with Gasteiger partial charge in [0.05, 0.1) is 0 Å². The maximum atomic E-state index is 11.8. The topological polar surface area (TPSA) is 72.8 Å². The second-order valence-electron chi connectivity index (χ2n) is 7.38. The fourth-order valence-electron chi connectivity index (χ4n) is 4.64. The lowest BCUT2D eigenvalue weighted by Crippen LogP contribution is -2.46. The van der Waals surface area contributed by atoms with Crippen molar-refractivity contribution < 1.29 is 14.9 Å². The van der Waals surface area contributed by atoms with Crippen molar-refractivity contribution in [3.05, 3.63) is 35.9 Å². The standard InChI is InChI=1S/C18H27BN2O3/c1-19(24)10-5-8-18-9-11-21(13-14-6-3-2-4-7-14)15(18)12-20-16(18)17(22)23/h2-4,6-7,15-16,20,24H,5,8-13H2,1H3,(H,22,23)/t15-,16+,18-/m0/s1. The van der Waals surface area contributed by atoms with Gasteiger partial charge in [-0.25, -0.2) is 0 Å². The number of hydrogen-bond donors (Lipinski definition) is 3. The van der Waals surface area contributed by atoms with E-state index in [-0.39, 0.29) is 18.4 Å². The lowest BCUT2D eigenvalue weighted by atomic mass is 9.64. The molecule has 0 aromatic heterocycles. The molecule has 0 radical (unpaired) electrons. The molecular formula is C18H27BN2O3. The SMILES string of the molecule is CB(O)CCC[C@]12CCN(Cc3ccccc3)[C@H]1CN[C@@H]2C(=O)O. The predicted molar refractivity (Wildman–Crippen MR) is 95.0 cm³/mol. The number of nitrogens with zero attached hydrogens (tertiary/aromatic N) is 1. The van der Waals surface area contributed by atoms with Gasteiger partial charge in [0.1, 0.15) is 6.04 Å². The first-order chi connectivity index (χ1) is 11.5. The van der Waals surface area contributed by atoms with Crippen molar-refractivity contribution in [2.75, 3.05) is 13.1 Å². The smallest absolute Gasteiger partial charge is 0.321 e. The fourth-order valence-corrected chi connectivity index (χ4v) is 4.64. The van der Waals surface area contributed by atoms with E-state index in [1.807, 2.05) is 18.2 Å². The van der Waals surface area contributed by atoms with Gasteiger partial charge in [-0.3, -0.25) is 9.69 Å². The summed E-state index contributed by atoms with van der Waals surface area (Å²) < 4.78 is 0. The molecule has 2 aliphatic heterocycles. The molecule has 0 bridgehead atoms. The summed E-state index contributed by atoms with van der Waals surface area (Å²) in [6.07, 6.45) is 3.38. The van der Waals surface area contributed by atoms with Crippen LogP contribution in [-0.2, 0) is 11.3 Å². The zero-order valence-electron chi connectivity index (χ0n) is 14.3. The summed E-state index contributed by atoms with van der Waals surface area (Å²) in [4.78, 5) is 14.2. The van der Waals surface area contributed by atoms with Gasteiger partial charge in [-0.15, -0.1) is 0 Å². The molecule has 2 aliphatic rings. The molecule has 2 saturated heterocycles. The van der Waals surface area contributed by atoms with Gasteiger partial charge in [-0.05, 0) is 31.3 Å². The highest BCUT2D eigenvalue weighted by atomic mass is 16.4. The molecule has 0 amide bonds. The summed E-state index contributed by atoms with van der Waals surface area (Å²) in [7, 11) is 0. The summed E-state index contributed by atoms with van der Waals surface area (Å²) in [5.74, 6) is -0.740. The molecule has 1 aromatic carbocycles. The van der Waals surface area contributed by atoms with Gasteiger partial charge in [-0.2, -0.15) is 0 Å². The zero-order chi connectivity index (χ0) is 17.2. The second kappa shape index (κ2) is 7.25. The van der Waals surface area contributed by atoms with Gasteiger partial charge in [0.15, 0.2) is 0 Å². The Bertz CT molecular complexity index is 569. The molecule has 2 fully saturated rings. The number of aliphatic carboxylic acids is 1. The quantitative estimate of drug-likeness (QED) is 0.664. The number of hydrogen-bond acceptors (Lipinski definition) is 4. The van der Waals surface area contributed by atoms with Crippen LogP contribution in [0.1, 0.15) is 24.8 Å². The normalized spacial score (nSPS) is 29.6. The van der Waals surface area contributed by atoms with Crippen LogP contribution < -0.4 is 5.32 Å². The van der Waals surface area contributed by atoms with Crippen LogP contribution in [0.15, 0.2) is 30.3 Å². The average Bonchev–Trinajstić information content (AvgIpc) is 3.06. The van der Waals surface area contributed by atoms with E-state index in [0.717, 1.165) is 45.2 Å². The van der Waals surface area contributed by atoms with Crippen LogP contribution in [0.25, 0.3) is 0 Å². The molecule has 0 spiro atoms. The molecule has 2 heterocycles. The van der Waals surface area contributed by atoms with Crippen molar-refractivity contribution in [2.45, 2.75) is 51.0 Å². The molecule has 6 heteroatoms. The van der Waals surface area contributed by atoms with E-state index in [4.69, 9.17) is 0 Å². The van der Waals surface area contributed by atoms with E-state index < -0.39 is 12.0 Å². The Labute approximate surface area is 144 Å². The monoisotopic (exact) mass is 330 g/mol. The van der Waals surface area contributed by atoms with Crippen molar-refractivity contribution in [2.24, 2.45) is 5.41 Å². The summed E-state index contributed by atoms with van der Waals surface area (Å²) in [6, 6.07) is 10.2. The van der Waals surface area contributed by atoms with E-state index in [2.05, 4.69) is 22.3 Å². The third kappa shape index (κ3) is 3.36. The van der Waals surface area contributed by atoms with Gasteiger partial charge >= 0.3 is 5.97 Å². The minimum Gasteiger partial charge on any atom is -0.480 e. The Balaban J connectivity index is 1.75. The largest absolute Gasteiger partial charge is 0.480 e. The highest BCUT2D eigenvalue weighted by Gasteiger charge is 2.57. The number of likely N-dealkylation sites (tertiary alicyclic amines) is 1. The van der Waals surface area contributed by atoms with E-state index in [9.17, 15) is 14.9 Å². The molecule has 0 aliphatic carbocycles. The predicted octanol–water partition coefficient (Wildman–Crippen LogP) is 1.70. The van der Waals surface area contributed by atoms with Crippen LogP contribution in [0.5, 0.6) is 0 Å².